The van der Waals surface area contributed by atoms with Crippen molar-refractivity contribution in [3.63, 3.8) is 0 Å². The predicted octanol–water partition coefficient (Wildman–Crippen LogP) is -2.46. The van der Waals surface area contributed by atoms with Crippen LogP contribution in [0.3, 0.4) is 0 Å². The molecule has 15 nitrogen and oxygen atoms in total. The molecule has 16 heteroatoms. The molecule has 152 valence electrons. The fraction of sp³-hybridized carbons (Fsp3) is 0.727. The molecule has 0 aromatic rings. The SMILES string of the molecule is O=C(O)NC(=O)NCCONC(=O)[C@@H]1CCC23CN1C(O2)N3OS(=O)(=O)O. The summed E-state index contributed by atoms with van der Waals surface area (Å²) in [5, 5.41) is 13.1. The average Bonchev–Trinajstić information content (AvgIpc) is 2.96. The Morgan fingerprint density at radius 2 is 2.07 bits per heavy atom. The summed E-state index contributed by atoms with van der Waals surface area (Å²) in [4.78, 5) is 40.0. The minimum Gasteiger partial charge on any atom is -0.465 e. The highest BCUT2D eigenvalue weighted by atomic mass is 32.3. The Kier molecular flexibility index (Phi) is 5.21. The third kappa shape index (κ3) is 4.10. The second-order valence-corrected chi connectivity index (χ2v) is 6.95. The zero-order chi connectivity index (χ0) is 19.8. The van der Waals surface area contributed by atoms with Crippen LogP contribution >= 0.6 is 0 Å². The van der Waals surface area contributed by atoms with Gasteiger partial charge in [-0.25, -0.2) is 25.3 Å². The van der Waals surface area contributed by atoms with Crippen LogP contribution < -0.4 is 16.1 Å². The van der Waals surface area contributed by atoms with E-state index in [2.05, 4.69) is 15.1 Å². The van der Waals surface area contributed by atoms with Crippen molar-refractivity contribution in [3.8, 4) is 0 Å². The summed E-state index contributed by atoms with van der Waals surface area (Å²) in [5.41, 5.74) is 1.18. The molecular weight excluding hydrogens is 394 g/mol. The van der Waals surface area contributed by atoms with E-state index in [1.165, 1.54) is 0 Å². The lowest BCUT2D eigenvalue weighted by Gasteiger charge is -2.45. The van der Waals surface area contributed by atoms with Crippen LogP contribution in [0.2, 0.25) is 0 Å². The van der Waals surface area contributed by atoms with Gasteiger partial charge in [0.15, 0.2) is 12.1 Å². The lowest BCUT2D eigenvalue weighted by atomic mass is 9.98. The first-order valence-corrected chi connectivity index (χ1v) is 9.07. The third-order valence-corrected chi connectivity index (χ3v) is 4.56. The van der Waals surface area contributed by atoms with Gasteiger partial charge in [0.2, 0.25) is 0 Å². The standard InChI is InChI=1S/C11H17N5O10S/c17-7(14-24-4-3-12-8(18)13-9(19)20)6-1-2-11-5-15(6)10(25-11)16(11)26-27(21,22)23/h6,10H,1-5H2,(H,14,17)(H,19,20)(H2,12,13,18)(H,21,22,23)/t6-,10?,11?/m0/s1. The lowest BCUT2D eigenvalue weighted by Crippen LogP contribution is -2.63. The van der Waals surface area contributed by atoms with Crippen LogP contribution in [0.1, 0.15) is 12.8 Å². The van der Waals surface area contributed by atoms with E-state index < -0.39 is 46.5 Å². The van der Waals surface area contributed by atoms with Gasteiger partial charge in [-0.3, -0.25) is 14.2 Å². The zero-order valence-corrected chi connectivity index (χ0v) is 14.5. The number of carboxylic acid groups (broad SMARTS) is 1. The van der Waals surface area contributed by atoms with Crippen molar-refractivity contribution < 1.29 is 46.3 Å². The van der Waals surface area contributed by atoms with Crippen LogP contribution in [0.15, 0.2) is 0 Å². The smallest absolute Gasteiger partial charge is 0.414 e. The number of hydrogen-bond donors (Lipinski definition) is 5. The Bertz CT molecular complexity index is 746. The van der Waals surface area contributed by atoms with Crippen LogP contribution in [0.4, 0.5) is 9.59 Å². The number of nitrogens with one attached hydrogen (secondary N) is 3. The Hall–Kier alpha value is -2.08. The molecule has 4 heterocycles. The Morgan fingerprint density at radius 1 is 1.33 bits per heavy atom. The molecule has 4 aliphatic rings. The minimum absolute atomic E-state index is 0.0569. The van der Waals surface area contributed by atoms with Crippen LogP contribution in [-0.2, 0) is 29.1 Å². The van der Waals surface area contributed by atoms with E-state index in [9.17, 15) is 22.8 Å². The second kappa shape index (κ2) is 7.15. The van der Waals surface area contributed by atoms with Gasteiger partial charge < -0.3 is 15.2 Å². The molecule has 0 radical (unpaired) electrons. The number of ether oxygens (including phenoxy) is 1. The average molecular weight is 411 g/mol. The fourth-order valence-electron chi connectivity index (χ4n) is 3.20. The number of piperidine rings is 1. The minimum atomic E-state index is -4.71. The van der Waals surface area contributed by atoms with E-state index in [4.69, 9.17) is 19.2 Å². The monoisotopic (exact) mass is 411 g/mol. The van der Waals surface area contributed by atoms with Gasteiger partial charge in [-0.15, -0.1) is 4.28 Å². The number of amides is 4. The predicted molar refractivity (Wildman–Crippen MR) is 80.5 cm³/mol. The molecule has 0 aromatic carbocycles. The summed E-state index contributed by atoms with van der Waals surface area (Å²) in [5.74, 6) is -0.511. The van der Waals surface area contributed by atoms with Gasteiger partial charge in [0.25, 0.3) is 5.91 Å². The first kappa shape index (κ1) is 19.7. The van der Waals surface area contributed by atoms with Gasteiger partial charge >= 0.3 is 22.5 Å². The number of urea groups is 1. The first-order chi connectivity index (χ1) is 12.6. The lowest BCUT2D eigenvalue weighted by molar-refractivity contribution is -0.415. The second-order valence-electron chi connectivity index (χ2n) is 5.95. The summed E-state index contributed by atoms with van der Waals surface area (Å²) in [6, 6.07) is -1.60. The van der Waals surface area contributed by atoms with Crippen LogP contribution in [0.25, 0.3) is 0 Å². The molecule has 4 fully saturated rings. The molecule has 1 spiro atoms. The normalized spacial score (nSPS) is 31.7. The number of carbonyl (C=O) groups excluding carboxylic acids is 2. The van der Waals surface area contributed by atoms with Crippen molar-refractivity contribution in [2.45, 2.75) is 31.0 Å². The molecule has 5 N–H and O–H groups in total. The Balaban J connectivity index is 1.42. The maximum atomic E-state index is 12.2. The zero-order valence-electron chi connectivity index (χ0n) is 13.7. The molecule has 4 aliphatic heterocycles. The number of hydrogen-bond acceptors (Lipinski definition) is 10. The van der Waals surface area contributed by atoms with Crippen LogP contribution in [0, 0.1) is 0 Å². The van der Waals surface area contributed by atoms with Crippen LogP contribution in [0.5, 0.6) is 0 Å². The van der Waals surface area contributed by atoms with Gasteiger partial charge in [-0.2, -0.15) is 8.42 Å². The summed E-state index contributed by atoms with van der Waals surface area (Å²) in [6.07, 6.45) is -1.80. The van der Waals surface area contributed by atoms with Gasteiger partial charge in [0.1, 0.15) is 0 Å². The molecule has 3 unspecified atom stereocenters. The summed E-state index contributed by atoms with van der Waals surface area (Å²) in [7, 11) is -4.71. The Labute approximate surface area is 152 Å². The number of carbonyl (C=O) groups is 3. The van der Waals surface area contributed by atoms with E-state index >= 15 is 0 Å². The van der Waals surface area contributed by atoms with E-state index in [1.54, 1.807) is 10.2 Å². The maximum absolute atomic E-state index is 12.2. The summed E-state index contributed by atoms with van der Waals surface area (Å²) < 4.78 is 40.7. The largest absolute Gasteiger partial charge is 0.465 e. The van der Waals surface area contributed by atoms with Crippen molar-refractivity contribution in [1.82, 2.24) is 26.1 Å². The molecule has 4 atom stereocenters. The number of imide groups is 1. The fourth-order valence-corrected chi connectivity index (χ4v) is 3.61. The highest BCUT2D eigenvalue weighted by Gasteiger charge is 2.70. The number of rotatable bonds is 7. The van der Waals surface area contributed by atoms with E-state index in [-0.39, 0.29) is 19.7 Å². The van der Waals surface area contributed by atoms with Gasteiger partial charge in [0, 0.05) is 13.1 Å². The number of nitrogens with zero attached hydrogens (tertiary/aromatic N) is 2. The topological polar surface area (TPSA) is 196 Å². The van der Waals surface area contributed by atoms with Crippen molar-refractivity contribution in [1.29, 1.82) is 0 Å². The quantitative estimate of drug-likeness (QED) is 0.168. The van der Waals surface area contributed by atoms with Gasteiger partial charge in [-0.1, -0.05) is 5.06 Å². The van der Waals surface area contributed by atoms with Crippen molar-refractivity contribution in [2.75, 3.05) is 19.7 Å². The molecule has 3 bridgehead atoms. The molecule has 4 rings (SSSR count). The summed E-state index contributed by atoms with van der Waals surface area (Å²) in [6.45, 7) is 0.0359. The molecular formula is C11H17N5O10S. The molecule has 27 heavy (non-hydrogen) atoms. The highest BCUT2D eigenvalue weighted by molar-refractivity contribution is 7.80. The van der Waals surface area contributed by atoms with E-state index in [1.807, 2.05) is 0 Å². The van der Waals surface area contributed by atoms with E-state index in [0.717, 1.165) is 5.06 Å². The van der Waals surface area contributed by atoms with Gasteiger partial charge in [0.05, 0.1) is 12.6 Å². The van der Waals surface area contributed by atoms with Crippen molar-refractivity contribution >= 4 is 28.4 Å². The maximum Gasteiger partial charge on any atom is 0.414 e. The molecule has 0 aromatic heterocycles. The highest BCUT2D eigenvalue weighted by Crippen LogP contribution is 2.52. The molecule has 4 amide bonds. The van der Waals surface area contributed by atoms with Gasteiger partial charge in [-0.05, 0) is 12.8 Å². The van der Waals surface area contributed by atoms with Crippen molar-refractivity contribution in [3.05, 3.63) is 0 Å². The molecule has 4 saturated heterocycles. The van der Waals surface area contributed by atoms with E-state index in [0.29, 0.717) is 12.8 Å². The number of hydroxylamine groups is 3. The Morgan fingerprint density at radius 3 is 2.74 bits per heavy atom. The van der Waals surface area contributed by atoms with Crippen LogP contribution in [-0.4, -0.2) is 83.9 Å². The molecule has 0 saturated carbocycles. The first-order valence-electron chi connectivity index (χ1n) is 7.71. The molecule has 0 aliphatic carbocycles. The van der Waals surface area contributed by atoms with Crippen molar-refractivity contribution in [2.24, 2.45) is 0 Å². The summed E-state index contributed by atoms with van der Waals surface area (Å²) >= 11 is 0. The third-order valence-electron chi connectivity index (χ3n) is 4.21.